The van der Waals surface area contributed by atoms with Gasteiger partial charge >= 0.3 is 0 Å². The highest BCUT2D eigenvalue weighted by molar-refractivity contribution is 6.07. The zero-order chi connectivity index (χ0) is 16.7. The monoisotopic (exact) mass is 326 g/mol. The molecule has 1 aliphatic carbocycles. The van der Waals surface area contributed by atoms with Gasteiger partial charge in [0.15, 0.2) is 5.78 Å². The molecule has 0 radical (unpaired) electrons. The molecule has 0 bridgehead atoms. The van der Waals surface area contributed by atoms with E-state index in [0.29, 0.717) is 25.2 Å². The van der Waals surface area contributed by atoms with Crippen LogP contribution in [0.3, 0.4) is 0 Å². The van der Waals surface area contributed by atoms with Gasteiger partial charge in [-0.25, -0.2) is 0 Å². The average Bonchev–Trinajstić information content (AvgIpc) is 2.92. The summed E-state index contributed by atoms with van der Waals surface area (Å²) < 4.78 is 0. The lowest BCUT2D eigenvalue weighted by Crippen LogP contribution is -2.44. The first-order valence-electron chi connectivity index (χ1n) is 8.85. The van der Waals surface area contributed by atoms with E-state index in [1.807, 2.05) is 6.07 Å². The predicted octanol–water partition coefficient (Wildman–Crippen LogP) is 1.56. The maximum Gasteiger partial charge on any atom is 0.230 e. The molecule has 5 heteroatoms. The van der Waals surface area contributed by atoms with Crippen molar-refractivity contribution < 1.29 is 14.4 Å². The van der Waals surface area contributed by atoms with Gasteiger partial charge in [-0.15, -0.1) is 0 Å². The fourth-order valence-electron chi connectivity index (χ4n) is 4.38. The molecular weight excluding hydrogens is 304 g/mol. The first kappa shape index (κ1) is 15.5. The quantitative estimate of drug-likeness (QED) is 0.809. The summed E-state index contributed by atoms with van der Waals surface area (Å²) in [7, 11) is 0. The lowest BCUT2D eigenvalue weighted by molar-refractivity contribution is -0.137. The van der Waals surface area contributed by atoms with E-state index in [9.17, 15) is 14.4 Å². The normalized spacial score (nSPS) is 27.9. The number of nitrogens with one attached hydrogen (secondary N) is 2. The zero-order valence-electron chi connectivity index (χ0n) is 13.6. The Balaban J connectivity index is 1.55. The molecule has 24 heavy (non-hydrogen) atoms. The van der Waals surface area contributed by atoms with Crippen LogP contribution in [0.4, 0.5) is 0 Å². The number of benzene rings is 1. The van der Waals surface area contributed by atoms with Crippen LogP contribution in [0, 0.1) is 11.8 Å². The lowest BCUT2D eigenvalue weighted by atomic mass is 9.83. The number of Topliss-reactive ketones (excluding diaryl/α,β-unsaturated/α-hetero) is 1. The SMILES string of the molecule is O=C1CCC(C2Cc3cc(C4CCNCC4)ccc3C2=O)C(=O)N1. The van der Waals surface area contributed by atoms with E-state index in [1.54, 1.807) is 0 Å². The van der Waals surface area contributed by atoms with Crippen molar-refractivity contribution in [3.8, 4) is 0 Å². The third-order valence-corrected chi connectivity index (χ3v) is 5.75. The van der Waals surface area contributed by atoms with Crippen LogP contribution >= 0.6 is 0 Å². The summed E-state index contributed by atoms with van der Waals surface area (Å²) in [5.74, 6) is -0.567. The highest BCUT2D eigenvalue weighted by atomic mass is 16.2. The van der Waals surface area contributed by atoms with E-state index in [-0.39, 0.29) is 29.4 Å². The lowest BCUT2D eigenvalue weighted by Gasteiger charge is -2.24. The molecule has 2 N–H and O–H groups in total. The van der Waals surface area contributed by atoms with Crippen molar-refractivity contribution in [3.05, 3.63) is 34.9 Å². The average molecular weight is 326 g/mol. The summed E-state index contributed by atoms with van der Waals surface area (Å²) in [4.78, 5) is 36.2. The molecule has 2 unspecified atom stereocenters. The number of imide groups is 1. The molecule has 0 spiro atoms. The fraction of sp³-hybridized carbons (Fsp3) is 0.526. The van der Waals surface area contributed by atoms with Gasteiger partial charge in [-0.2, -0.15) is 0 Å². The molecule has 0 aromatic heterocycles. The van der Waals surface area contributed by atoms with Gasteiger partial charge < -0.3 is 5.32 Å². The largest absolute Gasteiger partial charge is 0.317 e. The van der Waals surface area contributed by atoms with Crippen molar-refractivity contribution in [2.75, 3.05) is 13.1 Å². The Kier molecular flexibility index (Phi) is 3.96. The van der Waals surface area contributed by atoms with Gasteiger partial charge in [0, 0.05) is 23.8 Å². The minimum Gasteiger partial charge on any atom is -0.317 e. The van der Waals surface area contributed by atoms with Crippen LogP contribution < -0.4 is 10.6 Å². The second-order valence-electron chi connectivity index (χ2n) is 7.17. The summed E-state index contributed by atoms with van der Waals surface area (Å²) in [5, 5.41) is 5.76. The molecule has 2 atom stereocenters. The number of carbonyl (C=O) groups is 3. The van der Waals surface area contributed by atoms with Gasteiger partial charge in [-0.3, -0.25) is 19.7 Å². The predicted molar refractivity (Wildman–Crippen MR) is 88.7 cm³/mol. The molecule has 1 aromatic rings. The number of piperidine rings is 2. The number of ketones is 1. The number of hydrogen-bond donors (Lipinski definition) is 2. The second kappa shape index (κ2) is 6.13. The summed E-state index contributed by atoms with van der Waals surface area (Å²) >= 11 is 0. The Morgan fingerprint density at radius 2 is 1.75 bits per heavy atom. The standard InChI is InChI=1S/C19H22N2O3/c22-17-4-3-15(19(24)21-17)16-10-13-9-12(1-2-14(13)18(16)23)11-5-7-20-8-6-11/h1-2,9,11,15-16,20H,3-8,10H2,(H,21,22,24). The van der Waals surface area contributed by atoms with Gasteiger partial charge in [0.05, 0.1) is 0 Å². The van der Waals surface area contributed by atoms with Crippen molar-refractivity contribution in [1.29, 1.82) is 0 Å². The third kappa shape index (κ3) is 2.67. The van der Waals surface area contributed by atoms with Gasteiger partial charge in [0.1, 0.15) is 0 Å². The second-order valence-corrected chi connectivity index (χ2v) is 7.17. The van der Waals surface area contributed by atoms with Crippen LogP contribution in [-0.2, 0) is 16.0 Å². The molecule has 2 fully saturated rings. The Hall–Kier alpha value is -2.01. The minimum absolute atomic E-state index is 0.0661. The van der Waals surface area contributed by atoms with Gasteiger partial charge in [0.25, 0.3) is 0 Å². The van der Waals surface area contributed by atoms with E-state index in [4.69, 9.17) is 0 Å². The molecule has 2 amide bonds. The van der Waals surface area contributed by atoms with Crippen molar-refractivity contribution in [3.63, 3.8) is 0 Å². The van der Waals surface area contributed by atoms with Crippen molar-refractivity contribution in [2.45, 2.75) is 38.0 Å². The molecule has 2 aliphatic heterocycles. The van der Waals surface area contributed by atoms with E-state index < -0.39 is 0 Å². The van der Waals surface area contributed by atoms with Crippen molar-refractivity contribution in [1.82, 2.24) is 10.6 Å². The fourth-order valence-corrected chi connectivity index (χ4v) is 4.38. The summed E-state index contributed by atoms with van der Waals surface area (Å²) in [6.07, 6.45) is 3.69. The highest BCUT2D eigenvalue weighted by Crippen LogP contribution is 2.37. The van der Waals surface area contributed by atoms with E-state index in [0.717, 1.165) is 37.1 Å². The molecule has 0 saturated carbocycles. The van der Waals surface area contributed by atoms with E-state index in [1.165, 1.54) is 5.56 Å². The number of rotatable bonds is 2. The summed E-state index contributed by atoms with van der Waals surface area (Å²) in [5.41, 5.74) is 3.15. The summed E-state index contributed by atoms with van der Waals surface area (Å²) in [6.45, 7) is 2.08. The Morgan fingerprint density at radius 1 is 0.958 bits per heavy atom. The van der Waals surface area contributed by atoms with Gasteiger partial charge in [0.2, 0.25) is 11.8 Å². The Labute approximate surface area is 141 Å². The van der Waals surface area contributed by atoms with Crippen LogP contribution in [0.1, 0.15) is 53.1 Å². The van der Waals surface area contributed by atoms with Crippen LogP contribution in [0.15, 0.2) is 18.2 Å². The Bertz CT molecular complexity index is 707. The smallest absolute Gasteiger partial charge is 0.230 e. The first-order chi connectivity index (χ1) is 11.6. The molecule has 2 heterocycles. The molecular formula is C19H22N2O3. The van der Waals surface area contributed by atoms with Crippen molar-refractivity contribution in [2.24, 2.45) is 11.8 Å². The third-order valence-electron chi connectivity index (χ3n) is 5.75. The molecule has 126 valence electrons. The summed E-state index contributed by atoms with van der Waals surface area (Å²) in [6, 6.07) is 6.20. The number of fused-ring (bicyclic) bond motifs is 1. The van der Waals surface area contributed by atoms with Crippen LogP contribution in [0.2, 0.25) is 0 Å². The zero-order valence-corrected chi connectivity index (χ0v) is 13.6. The van der Waals surface area contributed by atoms with Crippen LogP contribution in [0.5, 0.6) is 0 Å². The number of carbonyl (C=O) groups excluding carboxylic acids is 3. The first-order valence-corrected chi connectivity index (χ1v) is 8.85. The molecule has 1 aromatic carbocycles. The number of amides is 2. The van der Waals surface area contributed by atoms with Crippen LogP contribution in [0.25, 0.3) is 0 Å². The molecule has 5 nitrogen and oxygen atoms in total. The highest BCUT2D eigenvalue weighted by Gasteiger charge is 2.42. The van der Waals surface area contributed by atoms with Gasteiger partial charge in [-0.1, -0.05) is 18.2 Å². The molecule has 3 aliphatic rings. The Morgan fingerprint density at radius 3 is 2.50 bits per heavy atom. The number of hydrogen-bond acceptors (Lipinski definition) is 4. The van der Waals surface area contributed by atoms with E-state index in [2.05, 4.69) is 22.8 Å². The van der Waals surface area contributed by atoms with Crippen LogP contribution in [-0.4, -0.2) is 30.7 Å². The molecule has 4 rings (SSSR count). The maximum absolute atomic E-state index is 12.7. The van der Waals surface area contributed by atoms with E-state index >= 15 is 0 Å². The van der Waals surface area contributed by atoms with Crippen molar-refractivity contribution >= 4 is 17.6 Å². The van der Waals surface area contributed by atoms with Gasteiger partial charge in [-0.05, 0) is 55.8 Å². The maximum atomic E-state index is 12.7. The minimum atomic E-state index is -0.370. The molecule has 2 saturated heterocycles. The topological polar surface area (TPSA) is 75.3 Å².